The van der Waals surface area contributed by atoms with Gasteiger partial charge in [-0.15, -0.1) is 11.8 Å². The number of anilines is 1. The van der Waals surface area contributed by atoms with E-state index in [-0.39, 0.29) is 11.2 Å². The van der Waals surface area contributed by atoms with Crippen molar-refractivity contribution < 1.29 is 9.53 Å². The molecule has 0 aliphatic rings. The van der Waals surface area contributed by atoms with Gasteiger partial charge < -0.3 is 10.1 Å². The number of thioether (sulfide) groups is 1. The van der Waals surface area contributed by atoms with Crippen LogP contribution in [0.1, 0.15) is 18.1 Å². The highest BCUT2D eigenvalue weighted by atomic mass is 32.2. The van der Waals surface area contributed by atoms with Gasteiger partial charge in [0, 0.05) is 11.4 Å². The van der Waals surface area contributed by atoms with Crippen molar-refractivity contribution in [3.05, 3.63) is 59.7 Å². The summed E-state index contributed by atoms with van der Waals surface area (Å²) < 4.78 is 5.63. The summed E-state index contributed by atoms with van der Waals surface area (Å²) in [6.07, 6.45) is 0. The summed E-state index contributed by atoms with van der Waals surface area (Å²) >= 11 is 1.59. The first-order chi connectivity index (χ1) is 11.1. The SMILES string of the molecule is Cc1ccc(NC(=O)C(C)SCCOc2ccccc2)c(C)c1. The van der Waals surface area contributed by atoms with E-state index >= 15 is 0 Å². The second-order valence-corrected chi connectivity index (χ2v) is 6.93. The molecular formula is C19H23NO2S. The van der Waals surface area contributed by atoms with Crippen LogP contribution in [0.5, 0.6) is 5.75 Å². The lowest BCUT2D eigenvalue weighted by Crippen LogP contribution is -2.23. The third-order valence-corrected chi connectivity index (χ3v) is 4.59. The molecule has 0 heterocycles. The molecule has 1 N–H and O–H groups in total. The summed E-state index contributed by atoms with van der Waals surface area (Å²) in [6, 6.07) is 15.8. The van der Waals surface area contributed by atoms with Crippen LogP contribution in [0.15, 0.2) is 48.5 Å². The van der Waals surface area contributed by atoms with Gasteiger partial charge in [-0.1, -0.05) is 35.9 Å². The zero-order valence-electron chi connectivity index (χ0n) is 13.8. The molecular weight excluding hydrogens is 306 g/mol. The van der Waals surface area contributed by atoms with Gasteiger partial charge in [-0.3, -0.25) is 4.79 Å². The van der Waals surface area contributed by atoms with Crippen LogP contribution in [0.4, 0.5) is 5.69 Å². The number of aryl methyl sites for hydroxylation is 2. The normalized spacial score (nSPS) is 11.8. The monoisotopic (exact) mass is 329 g/mol. The van der Waals surface area contributed by atoms with E-state index in [1.807, 2.05) is 63.2 Å². The second kappa shape index (κ2) is 8.63. The van der Waals surface area contributed by atoms with Crippen LogP contribution < -0.4 is 10.1 Å². The van der Waals surface area contributed by atoms with Crippen molar-refractivity contribution in [2.45, 2.75) is 26.0 Å². The Morgan fingerprint density at radius 1 is 1.17 bits per heavy atom. The Hall–Kier alpha value is -1.94. The molecule has 2 rings (SSSR count). The molecule has 0 bridgehead atoms. The number of ether oxygens (including phenoxy) is 1. The van der Waals surface area contributed by atoms with E-state index in [0.717, 1.165) is 22.8 Å². The number of carbonyl (C=O) groups is 1. The fraction of sp³-hybridized carbons (Fsp3) is 0.316. The van der Waals surface area contributed by atoms with Crippen LogP contribution >= 0.6 is 11.8 Å². The van der Waals surface area contributed by atoms with Gasteiger partial charge in [0.15, 0.2) is 0 Å². The van der Waals surface area contributed by atoms with Crippen LogP contribution in [0, 0.1) is 13.8 Å². The highest BCUT2D eigenvalue weighted by Crippen LogP contribution is 2.19. The number of benzene rings is 2. The Balaban J connectivity index is 1.74. The minimum Gasteiger partial charge on any atom is -0.493 e. The van der Waals surface area contributed by atoms with Crippen molar-refractivity contribution in [1.82, 2.24) is 0 Å². The van der Waals surface area contributed by atoms with Crippen LogP contribution in [0.2, 0.25) is 0 Å². The van der Waals surface area contributed by atoms with Crippen molar-refractivity contribution in [2.24, 2.45) is 0 Å². The summed E-state index contributed by atoms with van der Waals surface area (Å²) in [4.78, 5) is 12.2. The van der Waals surface area contributed by atoms with Crippen LogP contribution in [0.25, 0.3) is 0 Å². The predicted molar refractivity (Wildman–Crippen MR) is 98.4 cm³/mol. The van der Waals surface area contributed by atoms with Crippen molar-refractivity contribution in [1.29, 1.82) is 0 Å². The number of carbonyl (C=O) groups excluding carboxylic acids is 1. The average Bonchev–Trinajstić information content (AvgIpc) is 2.55. The zero-order chi connectivity index (χ0) is 16.7. The molecule has 0 saturated carbocycles. The highest BCUT2D eigenvalue weighted by Gasteiger charge is 2.14. The summed E-state index contributed by atoms with van der Waals surface area (Å²) in [5.74, 6) is 1.67. The van der Waals surface area contributed by atoms with E-state index in [0.29, 0.717) is 6.61 Å². The molecule has 4 heteroatoms. The van der Waals surface area contributed by atoms with Gasteiger partial charge in [0.05, 0.1) is 11.9 Å². The van der Waals surface area contributed by atoms with Crippen LogP contribution in [-0.2, 0) is 4.79 Å². The Kier molecular flexibility index (Phi) is 6.53. The van der Waals surface area contributed by atoms with Gasteiger partial charge in [0.2, 0.25) is 5.91 Å². The molecule has 2 aromatic carbocycles. The standard InChI is InChI=1S/C19H23NO2S/c1-14-9-10-18(15(2)13-14)20-19(21)16(3)23-12-11-22-17-7-5-4-6-8-17/h4-10,13,16H,11-12H2,1-3H3,(H,20,21). The molecule has 0 saturated heterocycles. The lowest BCUT2D eigenvalue weighted by molar-refractivity contribution is -0.115. The number of hydrogen-bond acceptors (Lipinski definition) is 3. The molecule has 3 nitrogen and oxygen atoms in total. The van der Waals surface area contributed by atoms with Gasteiger partial charge in [0.1, 0.15) is 5.75 Å². The smallest absolute Gasteiger partial charge is 0.237 e. The zero-order valence-corrected chi connectivity index (χ0v) is 14.7. The summed E-state index contributed by atoms with van der Waals surface area (Å²) in [5, 5.41) is 2.88. The average molecular weight is 329 g/mol. The lowest BCUT2D eigenvalue weighted by Gasteiger charge is -2.14. The van der Waals surface area contributed by atoms with E-state index in [1.54, 1.807) is 11.8 Å². The maximum Gasteiger partial charge on any atom is 0.237 e. The number of hydrogen-bond donors (Lipinski definition) is 1. The number of amides is 1. The Labute approximate surface area is 142 Å². The largest absolute Gasteiger partial charge is 0.493 e. The topological polar surface area (TPSA) is 38.3 Å². The molecule has 1 unspecified atom stereocenters. The van der Waals surface area contributed by atoms with E-state index in [1.165, 1.54) is 5.56 Å². The van der Waals surface area contributed by atoms with E-state index < -0.39 is 0 Å². The molecule has 0 aliphatic carbocycles. The molecule has 122 valence electrons. The maximum atomic E-state index is 12.2. The van der Waals surface area contributed by atoms with Gasteiger partial charge in [-0.25, -0.2) is 0 Å². The van der Waals surface area contributed by atoms with Gasteiger partial charge in [0.25, 0.3) is 0 Å². The summed E-state index contributed by atoms with van der Waals surface area (Å²) in [6.45, 7) is 6.57. The number of nitrogens with one attached hydrogen (secondary N) is 1. The predicted octanol–water partition coefficient (Wildman–Crippen LogP) is 4.44. The molecule has 0 aromatic heterocycles. The van der Waals surface area contributed by atoms with Gasteiger partial charge in [-0.05, 0) is 44.5 Å². The van der Waals surface area contributed by atoms with Crippen LogP contribution in [-0.4, -0.2) is 23.5 Å². The Morgan fingerprint density at radius 2 is 1.91 bits per heavy atom. The minimum absolute atomic E-state index is 0.0293. The first-order valence-corrected chi connectivity index (χ1v) is 8.78. The van der Waals surface area contributed by atoms with Crippen molar-refractivity contribution >= 4 is 23.4 Å². The summed E-state index contributed by atoms with van der Waals surface area (Å²) in [7, 11) is 0. The second-order valence-electron chi connectivity index (χ2n) is 5.48. The first kappa shape index (κ1) is 17.4. The number of para-hydroxylation sites is 1. The molecule has 0 spiro atoms. The van der Waals surface area contributed by atoms with Gasteiger partial charge >= 0.3 is 0 Å². The lowest BCUT2D eigenvalue weighted by atomic mass is 10.1. The van der Waals surface area contributed by atoms with E-state index in [4.69, 9.17) is 4.74 Å². The van der Waals surface area contributed by atoms with E-state index in [2.05, 4.69) is 11.4 Å². The molecule has 0 fully saturated rings. The molecule has 0 radical (unpaired) electrons. The van der Waals surface area contributed by atoms with Crippen molar-refractivity contribution in [2.75, 3.05) is 17.7 Å². The molecule has 0 aliphatic heterocycles. The van der Waals surface area contributed by atoms with Crippen molar-refractivity contribution in [3.8, 4) is 5.75 Å². The molecule has 1 amide bonds. The molecule has 1 atom stereocenters. The fourth-order valence-corrected chi connectivity index (χ4v) is 2.91. The van der Waals surface area contributed by atoms with Gasteiger partial charge in [-0.2, -0.15) is 0 Å². The first-order valence-electron chi connectivity index (χ1n) is 7.74. The molecule has 23 heavy (non-hydrogen) atoms. The van der Waals surface area contributed by atoms with E-state index in [9.17, 15) is 4.79 Å². The highest BCUT2D eigenvalue weighted by molar-refractivity contribution is 8.00. The Morgan fingerprint density at radius 3 is 2.61 bits per heavy atom. The maximum absolute atomic E-state index is 12.2. The number of rotatable bonds is 7. The Bertz CT molecular complexity index is 643. The third-order valence-electron chi connectivity index (χ3n) is 3.47. The quantitative estimate of drug-likeness (QED) is 0.763. The van der Waals surface area contributed by atoms with Crippen LogP contribution in [0.3, 0.4) is 0 Å². The summed E-state index contributed by atoms with van der Waals surface area (Å²) in [5.41, 5.74) is 3.16. The third kappa shape index (κ3) is 5.64. The fourth-order valence-electron chi connectivity index (χ4n) is 2.17. The van der Waals surface area contributed by atoms with Crippen molar-refractivity contribution in [3.63, 3.8) is 0 Å². The molecule has 2 aromatic rings. The minimum atomic E-state index is -0.116.